The van der Waals surface area contributed by atoms with E-state index in [4.69, 9.17) is 11.6 Å². The van der Waals surface area contributed by atoms with Gasteiger partial charge in [-0.1, -0.05) is 68.8 Å². The van der Waals surface area contributed by atoms with Gasteiger partial charge in [-0.15, -0.1) is 0 Å². The summed E-state index contributed by atoms with van der Waals surface area (Å²) in [7, 11) is 0. The van der Waals surface area contributed by atoms with Crippen molar-refractivity contribution >= 4 is 23.5 Å². The number of ketones is 1. The first kappa shape index (κ1) is 20.2. The zero-order valence-electron chi connectivity index (χ0n) is 17.1. The van der Waals surface area contributed by atoms with Crippen molar-refractivity contribution in [2.45, 2.75) is 38.8 Å². The van der Waals surface area contributed by atoms with Gasteiger partial charge in [0, 0.05) is 22.6 Å². The maximum atomic E-state index is 13.7. The van der Waals surface area contributed by atoms with Gasteiger partial charge in [-0.05, 0) is 34.9 Å². The molecule has 0 aliphatic carbocycles. The fourth-order valence-electron chi connectivity index (χ4n) is 4.81. The summed E-state index contributed by atoms with van der Waals surface area (Å²) in [4.78, 5) is 15.6. The highest BCUT2D eigenvalue weighted by atomic mass is 35.5. The standard InChI is InChI=1S/C25H22ClN3O/c1-24(2,3)23(30)21-20(17-8-6-9-18(26)13-17)25(14-27,15-28)22-19-10-5-4-7-16(19)11-12-29(21)22/h4-13,20-22H,1-3H3/t20-,21-,22-/m0/s1. The lowest BCUT2D eigenvalue weighted by molar-refractivity contribution is -0.130. The molecule has 5 heteroatoms. The number of carbonyl (C=O) groups is 1. The fraction of sp³-hybridized carbons (Fsp3) is 0.320. The van der Waals surface area contributed by atoms with Crippen LogP contribution in [-0.4, -0.2) is 16.7 Å². The van der Waals surface area contributed by atoms with Gasteiger partial charge < -0.3 is 4.90 Å². The van der Waals surface area contributed by atoms with E-state index in [0.29, 0.717) is 5.02 Å². The van der Waals surface area contributed by atoms with Crippen LogP contribution in [0.3, 0.4) is 0 Å². The van der Waals surface area contributed by atoms with Gasteiger partial charge in [0.25, 0.3) is 0 Å². The molecule has 4 rings (SSSR count). The Morgan fingerprint density at radius 1 is 1.10 bits per heavy atom. The van der Waals surface area contributed by atoms with Crippen LogP contribution >= 0.6 is 11.6 Å². The monoisotopic (exact) mass is 415 g/mol. The Morgan fingerprint density at radius 2 is 1.80 bits per heavy atom. The molecule has 1 fully saturated rings. The number of fused-ring (bicyclic) bond motifs is 3. The molecular weight excluding hydrogens is 394 g/mol. The number of carbonyl (C=O) groups excluding carboxylic acids is 1. The van der Waals surface area contributed by atoms with E-state index in [1.807, 2.05) is 68.3 Å². The second-order valence-electron chi connectivity index (χ2n) is 8.98. The fourth-order valence-corrected chi connectivity index (χ4v) is 5.01. The number of nitrogens with zero attached hydrogens (tertiary/aromatic N) is 3. The average Bonchev–Trinajstić information content (AvgIpc) is 3.03. The van der Waals surface area contributed by atoms with Crippen molar-refractivity contribution in [3.05, 3.63) is 76.4 Å². The normalized spacial score (nSPS) is 23.8. The first-order valence-electron chi connectivity index (χ1n) is 9.91. The Kier molecular flexibility index (Phi) is 4.72. The number of benzene rings is 2. The smallest absolute Gasteiger partial charge is 0.177 e. The first-order valence-corrected chi connectivity index (χ1v) is 10.3. The molecule has 0 aromatic heterocycles. The molecule has 2 aliphatic heterocycles. The van der Waals surface area contributed by atoms with Gasteiger partial charge in [0.15, 0.2) is 11.2 Å². The summed E-state index contributed by atoms with van der Waals surface area (Å²) in [5.74, 6) is -0.646. The minimum Gasteiger partial charge on any atom is -0.357 e. The van der Waals surface area contributed by atoms with Crippen LogP contribution in [0.25, 0.3) is 6.08 Å². The Morgan fingerprint density at radius 3 is 2.43 bits per heavy atom. The van der Waals surface area contributed by atoms with Gasteiger partial charge in [-0.3, -0.25) is 4.79 Å². The molecule has 0 bridgehead atoms. The predicted octanol–water partition coefficient (Wildman–Crippen LogP) is 5.48. The highest BCUT2D eigenvalue weighted by molar-refractivity contribution is 6.30. The number of hydrogen-bond donors (Lipinski definition) is 0. The van der Waals surface area contributed by atoms with Crippen molar-refractivity contribution in [2.75, 3.05) is 0 Å². The molecule has 3 atom stereocenters. The molecule has 30 heavy (non-hydrogen) atoms. The SMILES string of the molecule is CC(C)(C)C(=O)[C@@H]1[C@H](c2cccc(Cl)c2)C(C#N)(C#N)[C@@H]2c3ccccc3C=CN12. The topological polar surface area (TPSA) is 67.9 Å². The second-order valence-corrected chi connectivity index (χ2v) is 9.42. The minimum absolute atomic E-state index is 0.00567. The molecule has 2 heterocycles. The van der Waals surface area contributed by atoms with E-state index < -0.39 is 28.8 Å². The molecule has 0 spiro atoms. The summed E-state index contributed by atoms with van der Waals surface area (Å²) >= 11 is 6.28. The van der Waals surface area contributed by atoms with E-state index in [9.17, 15) is 15.3 Å². The molecule has 0 amide bonds. The summed E-state index contributed by atoms with van der Waals surface area (Å²) in [6.07, 6.45) is 3.82. The number of nitriles is 2. The number of Topliss-reactive ketones (excluding diaryl/α,β-unsaturated/α-hetero) is 1. The molecule has 2 aromatic carbocycles. The van der Waals surface area contributed by atoms with E-state index in [2.05, 4.69) is 12.1 Å². The molecule has 0 N–H and O–H groups in total. The molecule has 2 aliphatic rings. The largest absolute Gasteiger partial charge is 0.357 e. The number of rotatable bonds is 2. The van der Waals surface area contributed by atoms with Crippen LogP contribution in [0.1, 0.15) is 49.4 Å². The molecule has 0 saturated carbocycles. The van der Waals surface area contributed by atoms with Crippen LogP contribution < -0.4 is 0 Å². The average molecular weight is 416 g/mol. The van der Waals surface area contributed by atoms with E-state index in [1.165, 1.54) is 0 Å². The van der Waals surface area contributed by atoms with Crippen LogP contribution in [0, 0.1) is 33.5 Å². The van der Waals surface area contributed by atoms with Crippen LogP contribution in [-0.2, 0) is 4.79 Å². The third-order valence-electron chi connectivity index (χ3n) is 6.16. The predicted molar refractivity (Wildman–Crippen MR) is 116 cm³/mol. The highest BCUT2D eigenvalue weighted by Crippen LogP contribution is 2.60. The maximum absolute atomic E-state index is 13.7. The van der Waals surface area contributed by atoms with Gasteiger partial charge in [-0.25, -0.2) is 0 Å². The minimum atomic E-state index is -1.45. The lowest BCUT2D eigenvalue weighted by Crippen LogP contribution is -2.43. The molecule has 1 saturated heterocycles. The van der Waals surface area contributed by atoms with E-state index >= 15 is 0 Å². The summed E-state index contributed by atoms with van der Waals surface area (Å²) in [5, 5.41) is 21.3. The summed E-state index contributed by atoms with van der Waals surface area (Å²) < 4.78 is 0. The Bertz CT molecular complexity index is 1120. The zero-order chi connectivity index (χ0) is 21.7. The van der Waals surface area contributed by atoms with Crippen molar-refractivity contribution < 1.29 is 4.79 Å². The van der Waals surface area contributed by atoms with E-state index in [1.54, 1.807) is 18.2 Å². The van der Waals surface area contributed by atoms with Crippen molar-refractivity contribution in [3.63, 3.8) is 0 Å². The number of hydrogen-bond acceptors (Lipinski definition) is 4. The molecule has 4 nitrogen and oxygen atoms in total. The lowest BCUT2D eigenvalue weighted by Gasteiger charge is -2.36. The maximum Gasteiger partial charge on any atom is 0.177 e. The number of halogens is 1. The van der Waals surface area contributed by atoms with Gasteiger partial charge in [0.1, 0.15) is 0 Å². The van der Waals surface area contributed by atoms with E-state index in [-0.39, 0.29) is 5.78 Å². The van der Waals surface area contributed by atoms with Gasteiger partial charge >= 0.3 is 0 Å². The summed E-state index contributed by atoms with van der Waals surface area (Å²) in [6.45, 7) is 5.62. The second kappa shape index (κ2) is 7.01. The summed E-state index contributed by atoms with van der Waals surface area (Å²) in [6, 6.07) is 18.4. The van der Waals surface area contributed by atoms with Gasteiger partial charge in [-0.2, -0.15) is 10.5 Å². The van der Waals surface area contributed by atoms with Gasteiger partial charge in [0.2, 0.25) is 0 Å². The van der Waals surface area contributed by atoms with Crippen molar-refractivity contribution in [1.29, 1.82) is 10.5 Å². The molecule has 150 valence electrons. The molecule has 0 radical (unpaired) electrons. The van der Waals surface area contributed by atoms with Crippen LogP contribution in [0.15, 0.2) is 54.7 Å². The highest BCUT2D eigenvalue weighted by Gasteiger charge is 2.64. The third-order valence-corrected chi connectivity index (χ3v) is 6.39. The van der Waals surface area contributed by atoms with Crippen molar-refractivity contribution in [2.24, 2.45) is 10.8 Å². The molecular formula is C25H22ClN3O. The molecule has 0 unspecified atom stereocenters. The van der Waals surface area contributed by atoms with Crippen molar-refractivity contribution in [1.82, 2.24) is 4.90 Å². The first-order chi connectivity index (χ1) is 14.2. The Hall–Kier alpha value is -3.08. The van der Waals surface area contributed by atoms with E-state index in [0.717, 1.165) is 16.7 Å². The van der Waals surface area contributed by atoms with Gasteiger partial charge in [0.05, 0.1) is 24.2 Å². The van der Waals surface area contributed by atoms with Crippen LogP contribution in [0.5, 0.6) is 0 Å². The quantitative estimate of drug-likeness (QED) is 0.651. The Labute approximate surface area is 182 Å². The summed E-state index contributed by atoms with van der Waals surface area (Å²) in [5.41, 5.74) is 0.491. The third kappa shape index (κ3) is 2.83. The Balaban J connectivity index is 2.03. The molecule has 2 aromatic rings. The zero-order valence-corrected chi connectivity index (χ0v) is 17.9. The lowest BCUT2D eigenvalue weighted by atomic mass is 9.66. The van der Waals surface area contributed by atoms with Crippen LogP contribution in [0.2, 0.25) is 5.02 Å². The van der Waals surface area contributed by atoms with Crippen molar-refractivity contribution in [3.8, 4) is 12.1 Å². The van der Waals surface area contributed by atoms with Crippen LogP contribution in [0.4, 0.5) is 0 Å².